The first-order valence-corrected chi connectivity index (χ1v) is 4.28. The van der Waals surface area contributed by atoms with Gasteiger partial charge in [-0.3, -0.25) is 14.4 Å². The molecule has 5 N–H and O–H groups in total. The normalized spacial score (nSPS) is 10.6. The van der Waals surface area contributed by atoms with Crippen LogP contribution in [-0.4, -0.2) is 40.6 Å². The Hall–Kier alpha value is -1.63. The number of carboxylic acid groups (broad SMARTS) is 2. The molecule has 1 atom stereocenters. The van der Waals surface area contributed by atoms with Crippen molar-refractivity contribution in [2.75, 3.05) is 6.54 Å². The van der Waals surface area contributed by atoms with Crippen molar-refractivity contribution in [2.24, 2.45) is 5.73 Å². The molecule has 0 aromatic rings. The van der Waals surface area contributed by atoms with Gasteiger partial charge in [0.05, 0.1) is 6.04 Å². The van der Waals surface area contributed by atoms with E-state index in [1.165, 1.54) is 6.92 Å². The van der Waals surface area contributed by atoms with Gasteiger partial charge in [0.25, 0.3) is 0 Å². The predicted molar refractivity (Wildman–Crippen MR) is 52.2 cm³/mol. The molecular formula is C8H16N2O5. The Kier molecular flexibility index (Phi) is 9.44. The summed E-state index contributed by atoms with van der Waals surface area (Å²) in [6.45, 7) is 2.71. The van der Waals surface area contributed by atoms with E-state index in [1.807, 2.05) is 0 Å². The number of rotatable bonds is 4. The Morgan fingerprint density at radius 1 is 1.27 bits per heavy atom. The number of nitrogens with one attached hydrogen (secondary N) is 1. The zero-order valence-corrected chi connectivity index (χ0v) is 8.69. The second kappa shape index (κ2) is 8.95. The molecule has 0 bridgehead atoms. The summed E-state index contributed by atoms with van der Waals surface area (Å²) in [6.07, 6.45) is 0.222. The Labute approximate surface area is 87.3 Å². The smallest absolute Gasteiger partial charge is 0.322 e. The first-order valence-electron chi connectivity index (χ1n) is 4.28. The highest BCUT2D eigenvalue weighted by molar-refractivity contribution is 5.84. The molecule has 7 heteroatoms. The molecule has 0 aromatic heterocycles. The number of nitrogens with two attached hydrogens (primary N) is 1. The molecule has 0 aliphatic carbocycles. The second-order valence-corrected chi connectivity index (χ2v) is 2.65. The van der Waals surface area contributed by atoms with E-state index in [2.05, 4.69) is 5.32 Å². The van der Waals surface area contributed by atoms with Crippen LogP contribution in [0.3, 0.4) is 0 Å². The predicted octanol–water partition coefficient (Wildman–Crippen LogP) is -0.985. The van der Waals surface area contributed by atoms with Crippen LogP contribution in [-0.2, 0) is 14.4 Å². The average Bonchev–Trinajstić information content (AvgIpc) is 2.14. The largest absolute Gasteiger partial charge is 0.481 e. The highest BCUT2D eigenvalue weighted by atomic mass is 16.4. The number of carbonyl (C=O) groups is 3. The van der Waals surface area contributed by atoms with Crippen molar-refractivity contribution in [1.82, 2.24) is 5.32 Å². The molecule has 0 radical (unpaired) electrons. The first kappa shape index (κ1) is 15.8. The van der Waals surface area contributed by atoms with Crippen LogP contribution in [0.2, 0.25) is 0 Å². The van der Waals surface area contributed by atoms with E-state index in [0.717, 1.165) is 0 Å². The quantitative estimate of drug-likeness (QED) is 0.481. The molecule has 0 aromatic carbocycles. The van der Waals surface area contributed by atoms with E-state index < -0.39 is 23.9 Å². The van der Waals surface area contributed by atoms with E-state index >= 15 is 0 Å². The maximum atomic E-state index is 10.5. The van der Waals surface area contributed by atoms with Gasteiger partial charge in [-0.2, -0.15) is 0 Å². The molecule has 1 amide bonds. The van der Waals surface area contributed by atoms with Crippen molar-refractivity contribution in [3.63, 3.8) is 0 Å². The molecule has 0 fully saturated rings. The highest BCUT2D eigenvalue weighted by Gasteiger charge is 2.07. The van der Waals surface area contributed by atoms with E-state index in [1.54, 1.807) is 6.92 Å². The summed E-state index contributed by atoms with van der Waals surface area (Å²) >= 11 is 0. The molecule has 7 nitrogen and oxygen atoms in total. The number of amides is 1. The minimum atomic E-state index is -1.07. The summed E-state index contributed by atoms with van der Waals surface area (Å²) in [5.74, 6) is -2.28. The third-order valence-corrected chi connectivity index (χ3v) is 1.13. The second-order valence-electron chi connectivity index (χ2n) is 2.65. The van der Waals surface area contributed by atoms with Crippen molar-refractivity contribution in [3.05, 3.63) is 0 Å². The molecule has 15 heavy (non-hydrogen) atoms. The van der Waals surface area contributed by atoms with E-state index in [0.29, 0.717) is 0 Å². The lowest BCUT2D eigenvalue weighted by Gasteiger charge is -2.03. The van der Waals surface area contributed by atoms with Crippen LogP contribution in [0.15, 0.2) is 0 Å². The minimum absolute atomic E-state index is 0.222. The standard InChI is InChI=1S/C5H10N2O3.C3H6O2/c1-3(6)5(10)7-2-4(8)9;1-2-3(4)5/h3H,2,6H2,1H3,(H,7,10)(H,8,9);2H2,1H3,(H,4,5). The molecule has 0 saturated heterocycles. The molecular weight excluding hydrogens is 204 g/mol. The van der Waals surface area contributed by atoms with Crippen LogP contribution in [0, 0.1) is 0 Å². The molecule has 0 spiro atoms. The SMILES string of the molecule is CC(N)C(=O)NCC(=O)O.CCC(=O)O. The van der Waals surface area contributed by atoms with Gasteiger partial charge in [-0.1, -0.05) is 6.92 Å². The molecule has 0 aliphatic heterocycles. The van der Waals surface area contributed by atoms with Crippen LogP contribution in [0.25, 0.3) is 0 Å². The number of hydrogen-bond donors (Lipinski definition) is 4. The lowest BCUT2D eigenvalue weighted by atomic mass is 10.3. The van der Waals surface area contributed by atoms with Gasteiger partial charge < -0.3 is 21.3 Å². The van der Waals surface area contributed by atoms with E-state index in [9.17, 15) is 14.4 Å². The van der Waals surface area contributed by atoms with Crippen molar-refractivity contribution >= 4 is 17.8 Å². The maximum Gasteiger partial charge on any atom is 0.322 e. The fourth-order valence-electron chi connectivity index (χ4n) is 0.324. The van der Waals surface area contributed by atoms with Crippen LogP contribution in [0.4, 0.5) is 0 Å². The van der Waals surface area contributed by atoms with Crippen LogP contribution in [0.5, 0.6) is 0 Å². The monoisotopic (exact) mass is 220 g/mol. The molecule has 0 saturated carbocycles. The molecule has 0 heterocycles. The Morgan fingerprint density at radius 2 is 1.67 bits per heavy atom. The lowest BCUT2D eigenvalue weighted by molar-refractivity contribution is -0.138. The summed E-state index contributed by atoms with van der Waals surface area (Å²) in [4.78, 5) is 29.8. The van der Waals surface area contributed by atoms with Crippen molar-refractivity contribution < 1.29 is 24.6 Å². The fourth-order valence-corrected chi connectivity index (χ4v) is 0.324. The van der Waals surface area contributed by atoms with E-state index in [4.69, 9.17) is 15.9 Å². The highest BCUT2D eigenvalue weighted by Crippen LogP contribution is 1.73. The number of aliphatic carboxylic acids is 2. The Bertz CT molecular complexity index is 227. The maximum absolute atomic E-state index is 10.5. The summed E-state index contributed by atoms with van der Waals surface area (Å²) in [5.41, 5.74) is 5.12. The first-order chi connectivity index (χ1) is 6.81. The summed E-state index contributed by atoms with van der Waals surface area (Å²) < 4.78 is 0. The molecule has 88 valence electrons. The van der Waals surface area contributed by atoms with Gasteiger partial charge >= 0.3 is 11.9 Å². The van der Waals surface area contributed by atoms with E-state index in [-0.39, 0.29) is 13.0 Å². The van der Waals surface area contributed by atoms with Gasteiger partial charge in [0.2, 0.25) is 5.91 Å². The molecule has 0 rings (SSSR count). The molecule has 0 aliphatic rings. The van der Waals surface area contributed by atoms with Crippen LogP contribution < -0.4 is 11.1 Å². The van der Waals surface area contributed by atoms with Crippen molar-refractivity contribution in [1.29, 1.82) is 0 Å². The van der Waals surface area contributed by atoms with Gasteiger partial charge in [-0.15, -0.1) is 0 Å². The summed E-state index contributed by atoms with van der Waals surface area (Å²) in [5, 5.41) is 17.9. The van der Waals surface area contributed by atoms with Gasteiger partial charge in [-0.25, -0.2) is 0 Å². The van der Waals surface area contributed by atoms with Gasteiger partial charge in [0.1, 0.15) is 6.54 Å². The van der Waals surface area contributed by atoms with Crippen LogP contribution in [0.1, 0.15) is 20.3 Å². The van der Waals surface area contributed by atoms with Gasteiger partial charge in [0.15, 0.2) is 0 Å². The number of carbonyl (C=O) groups excluding carboxylic acids is 1. The number of carboxylic acids is 2. The summed E-state index contributed by atoms with van der Waals surface area (Å²) in [6, 6.07) is -0.653. The third-order valence-electron chi connectivity index (χ3n) is 1.13. The van der Waals surface area contributed by atoms with Crippen molar-refractivity contribution in [3.8, 4) is 0 Å². The minimum Gasteiger partial charge on any atom is -0.481 e. The number of hydrogen-bond acceptors (Lipinski definition) is 4. The lowest BCUT2D eigenvalue weighted by Crippen LogP contribution is -2.40. The van der Waals surface area contributed by atoms with Gasteiger partial charge in [0, 0.05) is 6.42 Å². The Balaban J connectivity index is 0. The Morgan fingerprint density at radius 3 is 1.87 bits per heavy atom. The van der Waals surface area contributed by atoms with Gasteiger partial charge in [-0.05, 0) is 6.92 Å². The van der Waals surface area contributed by atoms with Crippen molar-refractivity contribution in [2.45, 2.75) is 26.3 Å². The zero-order valence-electron chi connectivity index (χ0n) is 8.69. The zero-order chi connectivity index (χ0) is 12.4. The topological polar surface area (TPSA) is 130 Å². The summed E-state index contributed by atoms with van der Waals surface area (Å²) in [7, 11) is 0. The van der Waals surface area contributed by atoms with Crippen LogP contribution >= 0.6 is 0 Å². The third kappa shape index (κ3) is 15.2. The average molecular weight is 220 g/mol. The molecule has 1 unspecified atom stereocenters. The fraction of sp³-hybridized carbons (Fsp3) is 0.625.